The van der Waals surface area contributed by atoms with Gasteiger partial charge < -0.3 is 29.9 Å². The fourth-order valence-corrected chi connectivity index (χ4v) is 4.14. The van der Waals surface area contributed by atoms with Crippen molar-refractivity contribution in [2.75, 3.05) is 25.5 Å². The van der Waals surface area contributed by atoms with Crippen LogP contribution in [0.15, 0.2) is 61.2 Å². The van der Waals surface area contributed by atoms with E-state index >= 15 is 0 Å². The Kier molecular flexibility index (Phi) is 9.56. The molecule has 188 valence electrons. The highest BCUT2D eigenvalue weighted by molar-refractivity contribution is 5.92. The van der Waals surface area contributed by atoms with E-state index in [0.717, 1.165) is 23.2 Å². The lowest BCUT2D eigenvalue weighted by Gasteiger charge is -2.42. The molecule has 0 aromatic heterocycles. The highest BCUT2D eigenvalue weighted by atomic mass is 16.7. The van der Waals surface area contributed by atoms with E-state index in [9.17, 15) is 14.7 Å². The molecule has 0 unspecified atom stereocenters. The molecular formula is C27H34N2O6. The van der Waals surface area contributed by atoms with Crippen LogP contribution in [0.3, 0.4) is 0 Å². The predicted octanol–water partition coefficient (Wildman–Crippen LogP) is 3.89. The lowest BCUT2D eigenvalue weighted by atomic mass is 9.90. The number of amides is 1. The van der Waals surface area contributed by atoms with Gasteiger partial charge in [-0.2, -0.15) is 0 Å². The van der Waals surface area contributed by atoms with Crippen molar-refractivity contribution in [3.63, 3.8) is 0 Å². The summed E-state index contributed by atoms with van der Waals surface area (Å²) in [4.78, 5) is 25.0. The second kappa shape index (κ2) is 12.6. The molecule has 1 aliphatic heterocycles. The molecule has 35 heavy (non-hydrogen) atoms. The number of hydrogen-bond acceptors (Lipinski definition) is 6. The maximum atomic E-state index is 12.1. The van der Waals surface area contributed by atoms with Gasteiger partial charge in [-0.25, -0.2) is 0 Å². The van der Waals surface area contributed by atoms with Gasteiger partial charge >= 0.3 is 5.97 Å². The van der Waals surface area contributed by atoms with Gasteiger partial charge in [0.2, 0.25) is 5.91 Å². The van der Waals surface area contributed by atoms with Crippen LogP contribution in [0.1, 0.15) is 48.8 Å². The van der Waals surface area contributed by atoms with Crippen LogP contribution >= 0.6 is 0 Å². The van der Waals surface area contributed by atoms with Gasteiger partial charge in [0.25, 0.3) is 0 Å². The van der Waals surface area contributed by atoms with Crippen molar-refractivity contribution in [1.29, 1.82) is 0 Å². The summed E-state index contributed by atoms with van der Waals surface area (Å²) in [7, 11) is 2.01. The number of nitrogens with zero attached hydrogens (tertiary/aromatic N) is 1. The van der Waals surface area contributed by atoms with E-state index < -0.39 is 12.3 Å². The first-order valence-corrected chi connectivity index (χ1v) is 11.7. The Morgan fingerprint density at radius 1 is 1.11 bits per heavy atom. The van der Waals surface area contributed by atoms with Crippen LogP contribution in [-0.4, -0.2) is 53.2 Å². The highest BCUT2D eigenvalue weighted by Crippen LogP contribution is 2.42. The molecule has 1 aliphatic rings. The summed E-state index contributed by atoms with van der Waals surface area (Å²) in [6.45, 7) is 7.31. The van der Waals surface area contributed by atoms with Crippen LogP contribution in [0.25, 0.3) is 0 Å². The number of ether oxygens (including phenoxy) is 2. The molecule has 2 aromatic carbocycles. The molecule has 0 bridgehead atoms. The van der Waals surface area contributed by atoms with Crippen molar-refractivity contribution in [3.8, 4) is 0 Å². The van der Waals surface area contributed by atoms with Crippen molar-refractivity contribution in [2.24, 2.45) is 5.92 Å². The minimum atomic E-state index is -1.02. The Labute approximate surface area is 206 Å². The smallest absolute Gasteiger partial charge is 0.303 e. The van der Waals surface area contributed by atoms with E-state index in [0.29, 0.717) is 12.2 Å². The first kappa shape index (κ1) is 26.6. The fraction of sp³-hybridized carbons (Fsp3) is 0.407. The topological polar surface area (TPSA) is 108 Å². The van der Waals surface area contributed by atoms with Gasteiger partial charge in [0.1, 0.15) is 0 Å². The van der Waals surface area contributed by atoms with E-state index in [1.807, 2.05) is 43.5 Å². The van der Waals surface area contributed by atoms with Crippen molar-refractivity contribution >= 4 is 17.6 Å². The Bertz CT molecular complexity index is 1010. The van der Waals surface area contributed by atoms with Crippen LogP contribution in [0.2, 0.25) is 0 Å². The molecule has 0 spiro atoms. The molecule has 0 radical (unpaired) electrons. The number of benzene rings is 2. The Hall–Kier alpha value is -3.04. The molecule has 8 nitrogen and oxygen atoms in total. The number of carboxylic acids is 1. The fourth-order valence-electron chi connectivity index (χ4n) is 4.14. The van der Waals surface area contributed by atoms with Crippen LogP contribution < -0.4 is 5.32 Å². The first-order valence-electron chi connectivity index (χ1n) is 11.7. The molecule has 2 aromatic rings. The molecule has 8 heteroatoms. The third-order valence-corrected chi connectivity index (χ3v) is 6.06. The van der Waals surface area contributed by atoms with Crippen LogP contribution in [0.4, 0.5) is 5.69 Å². The average Bonchev–Trinajstić information content (AvgIpc) is 2.84. The number of carboxylic acid groups (broad SMARTS) is 1. The molecule has 3 N–H and O–H groups in total. The van der Waals surface area contributed by atoms with Gasteiger partial charge in [-0.1, -0.05) is 49.4 Å². The first-order chi connectivity index (χ1) is 16.8. The van der Waals surface area contributed by atoms with Crippen LogP contribution in [0.5, 0.6) is 0 Å². The summed E-state index contributed by atoms with van der Waals surface area (Å²) in [6.07, 6.45) is 0.494. The standard InChI is InChI=1S/C27H34N2O6/c1-4-14-29(3)16-23-18(2)26(20-10-8-19(17-30)9-11-20)35-27(34-23)21-6-5-7-22(15-21)28-24(31)12-13-25(32)33/h4-11,15,18,23,26-27,30H,1,12-14,16-17H2,2-3H3,(H,28,31)(H,32,33)/t18-,23+,26+,27+/m0/s1. The van der Waals surface area contributed by atoms with Gasteiger partial charge in [-0.3, -0.25) is 9.59 Å². The summed E-state index contributed by atoms with van der Waals surface area (Å²) in [5.41, 5.74) is 3.13. The summed E-state index contributed by atoms with van der Waals surface area (Å²) >= 11 is 0. The average molecular weight is 483 g/mol. The van der Waals surface area contributed by atoms with E-state index in [1.165, 1.54) is 0 Å². The predicted molar refractivity (Wildman–Crippen MR) is 133 cm³/mol. The van der Waals surface area contributed by atoms with Crippen LogP contribution in [-0.2, 0) is 25.7 Å². The SMILES string of the molecule is C=CCN(C)C[C@H]1O[C@@H](c2cccc(NC(=O)CCC(=O)O)c2)O[C@@H](c2ccc(CO)cc2)[C@H]1C. The van der Waals surface area contributed by atoms with E-state index in [-0.39, 0.29) is 43.5 Å². The Morgan fingerprint density at radius 3 is 2.51 bits per heavy atom. The van der Waals surface area contributed by atoms with Gasteiger partial charge in [0, 0.05) is 36.7 Å². The highest BCUT2D eigenvalue weighted by Gasteiger charge is 2.38. The maximum Gasteiger partial charge on any atom is 0.303 e. The zero-order chi connectivity index (χ0) is 25.4. The zero-order valence-corrected chi connectivity index (χ0v) is 20.2. The molecule has 0 saturated carbocycles. The molecular weight excluding hydrogens is 448 g/mol. The van der Waals surface area contributed by atoms with Gasteiger partial charge in [-0.05, 0) is 30.3 Å². The monoisotopic (exact) mass is 482 g/mol. The molecule has 1 heterocycles. The quantitative estimate of drug-likeness (QED) is 0.417. The third-order valence-electron chi connectivity index (χ3n) is 6.06. The second-order valence-corrected chi connectivity index (χ2v) is 8.90. The normalized spacial score (nSPS) is 22.1. The van der Waals surface area contributed by atoms with E-state index in [1.54, 1.807) is 18.2 Å². The number of aliphatic hydroxyl groups excluding tert-OH is 1. The largest absolute Gasteiger partial charge is 0.481 e. The number of aliphatic carboxylic acids is 1. The molecule has 0 aliphatic carbocycles. The minimum Gasteiger partial charge on any atom is -0.481 e. The van der Waals surface area contributed by atoms with Crippen LogP contribution in [0, 0.1) is 5.92 Å². The lowest BCUT2D eigenvalue weighted by Crippen LogP contribution is -2.43. The zero-order valence-electron chi connectivity index (χ0n) is 20.2. The van der Waals surface area contributed by atoms with Crippen molar-refractivity contribution in [2.45, 2.75) is 44.9 Å². The summed E-state index contributed by atoms with van der Waals surface area (Å²) in [6, 6.07) is 14.9. The molecule has 4 atom stereocenters. The van der Waals surface area contributed by atoms with E-state index in [4.69, 9.17) is 14.6 Å². The molecule has 1 fully saturated rings. The number of aliphatic hydroxyl groups is 1. The Morgan fingerprint density at radius 2 is 1.86 bits per heavy atom. The van der Waals surface area contributed by atoms with E-state index in [2.05, 4.69) is 23.7 Å². The second-order valence-electron chi connectivity index (χ2n) is 8.90. The Balaban J connectivity index is 1.83. The van der Waals surface area contributed by atoms with Crippen molar-refractivity contribution < 1.29 is 29.3 Å². The summed E-state index contributed by atoms with van der Waals surface area (Å²) in [5, 5.41) is 20.9. The number of likely N-dealkylation sites (N-methyl/N-ethyl adjacent to an activating group) is 1. The summed E-state index contributed by atoms with van der Waals surface area (Å²) in [5.74, 6) is -1.33. The lowest BCUT2D eigenvalue weighted by molar-refractivity contribution is -0.275. The number of carbonyl (C=O) groups excluding carboxylic acids is 1. The van der Waals surface area contributed by atoms with Gasteiger partial charge in [0.05, 0.1) is 25.2 Å². The molecule has 1 amide bonds. The van der Waals surface area contributed by atoms with Crippen molar-refractivity contribution in [1.82, 2.24) is 4.90 Å². The molecule has 1 saturated heterocycles. The number of anilines is 1. The number of rotatable bonds is 11. The maximum absolute atomic E-state index is 12.1. The number of nitrogens with one attached hydrogen (secondary N) is 1. The summed E-state index contributed by atoms with van der Waals surface area (Å²) < 4.78 is 12.8. The van der Waals surface area contributed by atoms with Crippen molar-refractivity contribution in [3.05, 3.63) is 77.9 Å². The minimum absolute atomic E-state index is 0.0208. The third kappa shape index (κ3) is 7.47. The molecule has 3 rings (SSSR count). The number of hydrogen-bond donors (Lipinski definition) is 3. The van der Waals surface area contributed by atoms with Gasteiger partial charge in [-0.15, -0.1) is 6.58 Å². The number of carbonyl (C=O) groups is 2. The van der Waals surface area contributed by atoms with Gasteiger partial charge in [0.15, 0.2) is 6.29 Å².